The number of thiophene rings is 1. The van der Waals surface area contributed by atoms with Crippen molar-refractivity contribution in [3.05, 3.63) is 57.3 Å². The van der Waals surface area contributed by atoms with Crippen molar-refractivity contribution in [3.8, 4) is 12.3 Å². The van der Waals surface area contributed by atoms with E-state index in [1.165, 1.54) is 16.9 Å². The van der Waals surface area contributed by atoms with Crippen LogP contribution in [0.25, 0.3) is 0 Å². The van der Waals surface area contributed by atoms with Crippen LogP contribution in [0.2, 0.25) is 0 Å². The number of terminal acetylenes is 1. The molecule has 2 amide bonds. The average Bonchev–Trinajstić information content (AvgIpc) is 3.21. The number of fused-ring (bicyclic) bond motifs is 1. The minimum absolute atomic E-state index is 0.0240. The molecule has 2 aliphatic rings. The Kier molecular flexibility index (Phi) is 6.24. The zero-order valence-corrected chi connectivity index (χ0v) is 18.2. The fourth-order valence-corrected chi connectivity index (χ4v) is 5.49. The average molecular weight is 421 g/mol. The van der Waals surface area contributed by atoms with Crippen molar-refractivity contribution >= 4 is 23.2 Å². The van der Waals surface area contributed by atoms with E-state index in [2.05, 4.69) is 29.6 Å². The maximum Gasteiger partial charge on any atom is 0.299 e. The third kappa shape index (κ3) is 4.02. The summed E-state index contributed by atoms with van der Waals surface area (Å²) in [5.41, 5.74) is 2.97. The molecular formula is C25H28N2O2S. The topological polar surface area (TPSA) is 49.4 Å². The van der Waals surface area contributed by atoms with Crippen LogP contribution >= 0.6 is 11.3 Å². The van der Waals surface area contributed by atoms with Crippen LogP contribution < -0.4 is 5.32 Å². The molecule has 1 aliphatic carbocycles. The molecule has 0 unspecified atom stereocenters. The quantitative estimate of drug-likeness (QED) is 0.689. The molecule has 1 N–H and O–H groups in total. The number of hydrogen-bond donors (Lipinski definition) is 1. The van der Waals surface area contributed by atoms with Gasteiger partial charge >= 0.3 is 0 Å². The molecular weight excluding hydrogens is 392 g/mol. The molecule has 0 spiro atoms. The molecule has 1 aromatic heterocycles. The molecule has 30 heavy (non-hydrogen) atoms. The first kappa shape index (κ1) is 20.7. The molecule has 1 saturated carbocycles. The number of carbonyl (C=O) groups excluding carboxylic acids is 2. The fourth-order valence-electron chi connectivity index (χ4n) is 4.43. The first-order chi connectivity index (χ1) is 14.6. The standard InChI is InChI=1S/C25H28N2O2S/c1-3-5-9-21-16-19-14-15-30-24(19)23(27(21)22(28)4-2)17-10-12-18(13-11-17)25(29)26-20-7-6-8-20/h2,10-15,20-21,23H,3,5-9,16H2,1H3,(H,26,29)/t21-,23-/m0/s1. The smallest absolute Gasteiger partial charge is 0.299 e. The Labute approximate surface area is 182 Å². The summed E-state index contributed by atoms with van der Waals surface area (Å²) >= 11 is 1.67. The lowest BCUT2D eigenvalue weighted by atomic mass is 9.88. The van der Waals surface area contributed by atoms with Crippen LogP contribution in [0.1, 0.15) is 77.9 Å². The highest BCUT2D eigenvalue weighted by molar-refractivity contribution is 7.10. The number of nitrogens with one attached hydrogen (secondary N) is 1. The number of benzene rings is 1. The molecule has 1 aromatic carbocycles. The lowest BCUT2D eigenvalue weighted by Crippen LogP contribution is -2.46. The molecule has 5 heteroatoms. The zero-order chi connectivity index (χ0) is 21.1. The fraction of sp³-hybridized carbons (Fsp3) is 0.440. The molecule has 0 radical (unpaired) electrons. The van der Waals surface area contributed by atoms with Gasteiger partial charge in [0.05, 0.1) is 6.04 Å². The number of unbranched alkanes of at least 4 members (excludes halogenated alkanes) is 1. The summed E-state index contributed by atoms with van der Waals surface area (Å²) in [7, 11) is 0. The zero-order valence-electron chi connectivity index (χ0n) is 17.4. The predicted molar refractivity (Wildman–Crippen MR) is 120 cm³/mol. The largest absolute Gasteiger partial charge is 0.349 e. The Morgan fingerprint density at radius 1 is 1.23 bits per heavy atom. The number of nitrogens with zero attached hydrogens (tertiary/aromatic N) is 1. The van der Waals surface area contributed by atoms with Crippen molar-refractivity contribution in [2.45, 2.75) is 70.0 Å². The van der Waals surface area contributed by atoms with Crippen molar-refractivity contribution in [1.29, 1.82) is 0 Å². The maximum atomic E-state index is 12.8. The Morgan fingerprint density at radius 3 is 2.63 bits per heavy atom. The van der Waals surface area contributed by atoms with Gasteiger partial charge in [0.2, 0.25) is 0 Å². The van der Waals surface area contributed by atoms with Crippen molar-refractivity contribution in [1.82, 2.24) is 10.2 Å². The Bertz CT molecular complexity index is 952. The Morgan fingerprint density at radius 2 is 2.00 bits per heavy atom. The Balaban J connectivity index is 1.64. The maximum absolute atomic E-state index is 12.8. The monoisotopic (exact) mass is 420 g/mol. The predicted octanol–water partition coefficient (Wildman–Crippen LogP) is 4.70. The van der Waals surface area contributed by atoms with Crippen LogP contribution in [0.15, 0.2) is 35.7 Å². The van der Waals surface area contributed by atoms with Crippen LogP contribution in [0, 0.1) is 12.3 Å². The van der Waals surface area contributed by atoms with E-state index in [0.717, 1.165) is 44.1 Å². The summed E-state index contributed by atoms with van der Waals surface area (Å²) in [6.45, 7) is 2.16. The minimum atomic E-state index is -0.257. The molecule has 0 bridgehead atoms. The van der Waals surface area contributed by atoms with E-state index in [1.54, 1.807) is 11.3 Å². The highest BCUT2D eigenvalue weighted by Crippen LogP contribution is 2.42. The number of hydrogen-bond acceptors (Lipinski definition) is 3. The molecule has 1 fully saturated rings. The van der Waals surface area contributed by atoms with Crippen molar-refractivity contribution in [2.24, 2.45) is 0 Å². The van der Waals surface area contributed by atoms with E-state index >= 15 is 0 Å². The molecule has 4 nitrogen and oxygen atoms in total. The summed E-state index contributed by atoms with van der Waals surface area (Å²) in [4.78, 5) is 28.4. The van der Waals surface area contributed by atoms with Crippen molar-refractivity contribution < 1.29 is 9.59 Å². The van der Waals surface area contributed by atoms with Gasteiger partial charge in [-0.25, -0.2) is 0 Å². The highest BCUT2D eigenvalue weighted by Gasteiger charge is 2.38. The van der Waals surface area contributed by atoms with Gasteiger partial charge in [-0.05, 0) is 72.7 Å². The van der Waals surface area contributed by atoms with Gasteiger partial charge in [0.25, 0.3) is 11.8 Å². The lowest BCUT2D eigenvalue weighted by Gasteiger charge is -2.41. The summed E-state index contributed by atoms with van der Waals surface area (Å²) in [6, 6.07) is 10.1. The van der Waals surface area contributed by atoms with Gasteiger partial charge in [-0.15, -0.1) is 17.8 Å². The molecule has 2 heterocycles. The summed E-state index contributed by atoms with van der Waals surface area (Å²) in [6.07, 6.45) is 12.8. The third-order valence-corrected chi connectivity index (χ3v) is 7.35. The van der Waals surface area contributed by atoms with Crippen LogP contribution in [-0.4, -0.2) is 28.8 Å². The molecule has 4 rings (SSSR count). The third-order valence-electron chi connectivity index (χ3n) is 6.33. The number of amides is 2. The summed E-state index contributed by atoms with van der Waals surface area (Å²) < 4.78 is 0. The molecule has 2 aromatic rings. The van der Waals surface area contributed by atoms with E-state index in [0.29, 0.717) is 11.6 Å². The van der Waals surface area contributed by atoms with E-state index in [9.17, 15) is 9.59 Å². The number of carbonyl (C=O) groups is 2. The summed E-state index contributed by atoms with van der Waals surface area (Å²) in [5.74, 6) is 2.07. The van der Waals surface area contributed by atoms with E-state index in [1.807, 2.05) is 29.2 Å². The van der Waals surface area contributed by atoms with Crippen molar-refractivity contribution in [3.63, 3.8) is 0 Å². The van der Waals surface area contributed by atoms with E-state index < -0.39 is 0 Å². The van der Waals surface area contributed by atoms with Crippen LogP contribution in [0.3, 0.4) is 0 Å². The van der Waals surface area contributed by atoms with Crippen molar-refractivity contribution in [2.75, 3.05) is 0 Å². The van der Waals surface area contributed by atoms with Crippen LogP contribution in [-0.2, 0) is 11.2 Å². The van der Waals surface area contributed by atoms with Gasteiger partial charge in [-0.3, -0.25) is 9.59 Å². The number of rotatable bonds is 6. The second kappa shape index (κ2) is 9.06. The summed E-state index contributed by atoms with van der Waals surface area (Å²) in [5, 5.41) is 5.18. The van der Waals surface area contributed by atoms with E-state index in [4.69, 9.17) is 6.42 Å². The van der Waals surface area contributed by atoms with Gasteiger partial charge in [0.15, 0.2) is 0 Å². The SMILES string of the molecule is C#CC(=O)N1[C@@H](CCCC)Cc2ccsc2[C@@H]1c1ccc(C(=O)NC2CCC2)cc1. The molecule has 1 aliphatic heterocycles. The molecule has 0 saturated heterocycles. The van der Waals surface area contributed by atoms with Gasteiger partial charge < -0.3 is 10.2 Å². The molecule has 2 atom stereocenters. The first-order valence-corrected chi connectivity index (χ1v) is 11.8. The second-order valence-electron chi connectivity index (χ2n) is 8.29. The van der Waals surface area contributed by atoms with Gasteiger partial charge in [0, 0.05) is 22.5 Å². The minimum Gasteiger partial charge on any atom is -0.349 e. The van der Waals surface area contributed by atoms with Gasteiger partial charge in [-0.1, -0.05) is 31.9 Å². The lowest BCUT2D eigenvalue weighted by molar-refractivity contribution is -0.129. The first-order valence-electron chi connectivity index (χ1n) is 10.9. The normalized spacial score (nSPS) is 20.7. The van der Waals surface area contributed by atoms with E-state index in [-0.39, 0.29) is 23.9 Å². The van der Waals surface area contributed by atoms with Gasteiger partial charge in [0.1, 0.15) is 0 Å². The van der Waals surface area contributed by atoms with Crippen LogP contribution in [0.4, 0.5) is 0 Å². The molecule has 156 valence electrons. The highest BCUT2D eigenvalue weighted by atomic mass is 32.1. The van der Waals surface area contributed by atoms with Crippen LogP contribution in [0.5, 0.6) is 0 Å². The van der Waals surface area contributed by atoms with Gasteiger partial charge in [-0.2, -0.15) is 0 Å². The Hall–Kier alpha value is -2.58. The second-order valence-corrected chi connectivity index (χ2v) is 9.24.